The van der Waals surface area contributed by atoms with Gasteiger partial charge in [0.1, 0.15) is 0 Å². The molecule has 0 fully saturated rings. The number of nitrogens with zero attached hydrogens (tertiary/aromatic N) is 3. The van der Waals surface area contributed by atoms with Gasteiger partial charge in [0.15, 0.2) is 5.16 Å². The lowest BCUT2D eigenvalue weighted by Gasteiger charge is -2.13. The van der Waals surface area contributed by atoms with Gasteiger partial charge in [-0.3, -0.25) is 29.1 Å². The van der Waals surface area contributed by atoms with Crippen LogP contribution in [0.15, 0.2) is 52.4 Å². The van der Waals surface area contributed by atoms with Crippen LogP contribution in [0, 0.1) is 17.0 Å². The Morgan fingerprint density at radius 1 is 1.25 bits per heavy atom. The van der Waals surface area contributed by atoms with Gasteiger partial charge in [0.2, 0.25) is 5.91 Å². The van der Waals surface area contributed by atoms with E-state index in [0.29, 0.717) is 22.2 Å². The molecule has 0 atom stereocenters. The topological polar surface area (TPSA) is 133 Å². The Balaban J connectivity index is 1.81. The first-order chi connectivity index (χ1) is 15.3. The summed E-state index contributed by atoms with van der Waals surface area (Å²) in [5.41, 5.74) is 0.837. The van der Waals surface area contributed by atoms with E-state index in [9.17, 15) is 24.5 Å². The molecule has 0 unspecified atom stereocenters. The molecule has 0 aliphatic heterocycles. The zero-order valence-corrected chi connectivity index (χ0v) is 18.2. The van der Waals surface area contributed by atoms with Gasteiger partial charge in [0, 0.05) is 23.9 Å². The molecule has 3 rings (SSSR count). The normalized spacial score (nSPS) is 10.7. The summed E-state index contributed by atoms with van der Waals surface area (Å²) in [5, 5.41) is 14.4. The molecule has 1 heterocycles. The molecule has 0 bridgehead atoms. The second-order valence-corrected chi connectivity index (χ2v) is 7.73. The van der Waals surface area contributed by atoms with E-state index in [2.05, 4.69) is 15.0 Å². The van der Waals surface area contributed by atoms with Crippen LogP contribution in [-0.2, 0) is 20.9 Å². The molecule has 0 saturated heterocycles. The molecular formula is C21H20N4O6S. The molecule has 0 spiro atoms. The highest BCUT2D eigenvalue weighted by Crippen LogP contribution is 2.23. The van der Waals surface area contributed by atoms with E-state index in [1.165, 1.54) is 17.7 Å². The van der Waals surface area contributed by atoms with Gasteiger partial charge in [-0.2, -0.15) is 0 Å². The molecule has 11 heteroatoms. The third-order valence-corrected chi connectivity index (χ3v) is 5.59. The van der Waals surface area contributed by atoms with Crippen molar-refractivity contribution < 1.29 is 19.2 Å². The Bertz CT molecular complexity index is 1260. The van der Waals surface area contributed by atoms with Crippen LogP contribution in [0.1, 0.15) is 12.0 Å². The van der Waals surface area contributed by atoms with Crippen molar-refractivity contribution in [2.24, 2.45) is 0 Å². The molecule has 166 valence electrons. The smallest absolute Gasteiger partial charge is 0.307 e. The number of nitro groups is 1. The van der Waals surface area contributed by atoms with E-state index in [0.717, 1.165) is 11.8 Å². The van der Waals surface area contributed by atoms with Crippen LogP contribution in [0.4, 0.5) is 11.4 Å². The lowest BCUT2D eigenvalue weighted by Crippen LogP contribution is -2.25. The van der Waals surface area contributed by atoms with Gasteiger partial charge in [0.05, 0.1) is 35.1 Å². The summed E-state index contributed by atoms with van der Waals surface area (Å²) in [6.07, 6.45) is -0.0246. The Labute approximate surface area is 186 Å². The Hall–Kier alpha value is -3.73. The van der Waals surface area contributed by atoms with Gasteiger partial charge in [-0.25, -0.2) is 4.98 Å². The number of carbonyl (C=O) groups is 2. The second kappa shape index (κ2) is 10.1. The zero-order chi connectivity index (χ0) is 23.3. The van der Waals surface area contributed by atoms with Crippen molar-refractivity contribution in [2.75, 3.05) is 18.2 Å². The lowest BCUT2D eigenvalue weighted by molar-refractivity contribution is -0.385. The third-order valence-electron chi connectivity index (χ3n) is 4.62. The third kappa shape index (κ3) is 5.30. The molecular weight excluding hydrogens is 436 g/mol. The first-order valence-corrected chi connectivity index (χ1v) is 10.5. The van der Waals surface area contributed by atoms with Crippen LogP contribution >= 0.6 is 11.8 Å². The number of para-hydroxylation sites is 1. The number of hydrogen-bond acceptors (Lipinski definition) is 8. The monoisotopic (exact) mass is 456 g/mol. The Morgan fingerprint density at radius 2 is 2.00 bits per heavy atom. The van der Waals surface area contributed by atoms with Gasteiger partial charge in [0.25, 0.3) is 11.2 Å². The van der Waals surface area contributed by atoms with E-state index in [-0.39, 0.29) is 35.1 Å². The van der Waals surface area contributed by atoms with E-state index >= 15 is 0 Å². The molecule has 0 radical (unpaired) electrons. The number of anilines is 1. The number of ether oxygens (including phenoxy) is 1. The number of nitro benzene ring substituents is 1. The standard InChI is InChI=1S/C21H20N4O6S/c1-13-7-8-14(11-17(13)25(29)30)22-18(26)12-32-21-23-16-6-4-3-5-15(16)20(28)24(21)10-9-19(27)31-2/h3-8,11H,9-10,12H2,1-2H3,(H,22,26). The van der Waals surface area contributed by atoms with Crippen molar-refractivity contribution in [1.29, 1.82) is 0 Å². The molecule has 1 amide bonds. The number of esters is 1. The van der Waals surface area contributed by atoms with E-state index in [1.807, 2.05) is 0 Å². The maximum Gasteiger partial charge on any atom is 0.307 e. The number of rotatable bonds is 8. The Morgan fingerprint density at radius 3 is 2.72 bits per heavy atom. The highest BCUT2D eigenvalue weighted by atomic mass is 32.2. The summed E-state index contributed by atoms with van der Waals surface area (Å²) in [6.45, 7) is 1.66. The predicted molar refractivity (Wildman–Crippen MR) is 120 cm³/mol. The number of fused-ring (bicyclic) bond motifs is 1. The average Bonchev–Trinajstić information content (AvgIpc) is 2.78. The fourth-order valence-electron chi connectivity index (χ4n) is 2.97. The summed E-state index contributed by atoms with van der Waals surface area (Å²) in [5.74, 6) is -0.986. The molecule has 1 aromatic heterocycles. The van der Waals surface area contributed by atoms with Crippen molar-refractivity contribution in [3.8, 4) is 0 Å². The largest absolute Gasteiger partial charge is 0.469 e. The van der Waals surface area contributed by atoms with Crippen molar-refractivity contribution in [3.05, 3.63) is 68.5 Å². The van der Waals surface area contributed by atoms with Crippen LogP contribution in [-0.4, -0.2) is 39.2 Å². The number of methoxy groups -OCH3 is 1. The molecule has 0 aliphatic rings. The quantitative estimate of drug-likeness (QED) is 0.180. The highest BCUT2D eigenvalue weighted by Gasteiger charge is 2.16. The molecule has 0 saturated carbocycles. The van der Waals surface area contributed by atoms with Gasteiger partial charge < -0.3 is 10.1 Å². The minimum absolute atomic E-state index is 0.0246. The number of benzene rings is 2. The average molecular weight is 456 g/mol. The first-order valence-electron chi connectivity index (χ1n) is 9.54. The summed E-state index contributed by atoms with van der Waals surface area (Å²) < 4.78 is 5.99. The Kier molecular flexibility index (Phi) is 7.21. The van der Waals surface area contributed by atoms with Crippen LogP contribution in [0.25, 0.3) is 10.9 Å². The maximum absolute atomic E-state index is 12.9. The van der Waals surface area contributed by atoms with E-state index in [1.54, 1.807) is 43.3 Å². The lowest BCUT2D eigenvalue weighted by atomic mass is 10.2. The summed E-state index contributed by atoms with van der Waals surface area (Å²) in [7, 11) is 1.26. The number of nitrogens with one attached hydrogen (secondary N) is 1. The van der Waals surface area contributed by atoms with E-state index in [4.69, 9.17) is 0 Å². The first kappa shape index (κ1) is 22.9. The predicted octanol–water partition coefficient (Wildman–Crippen LogP) is 2.91. The van der Waals surface area contributed by atoms with Gasteiger partial charge in [-0.15, -0.1) is 0 Å². The van der Waals surface area contributed by atoms with Crippen LogP contribution in [0.5, 0.6) is 0 Å². The molecule has 1 N–H and O–H groups in total. The molecule has 3 aromatic rings. The van der Waals surface area contributed by atoms with Gasteiger partial charge >= 0.3 is 5.97 Å². The van der Waals surface area contributed by atoms with Crippen LogP contribution in [0.2, 0.25) is 0 Å². The minimum atomic E-state index is -0.515. The fraction of sp³-hybridized carbons (Fsp3) is 0.238. The second-order valence-electron chi connectivity index (χ2n) is 6.79. The molecule has 32 heavy (non-hydrogen) atoms. The number of amides is 1. The summed E-state index contributed by atoms with van der Waals surface area (Å²) >= 11 is 1.03. The fourth-order valence-corrected chi connectivity index (χ4v) is 3.80. The number of aromatic nitrogens is 2. The maximum atomic E-state index is 12.9. The van der Waals surface area contributed by atoms with Gasteiger partial charge in [-0.1, -0.05) is 30.0 Å². The highest BCUT2D eigenvalue weighted by molar-refractivity contribution is 7.99. The van der Waals surface area contributed by atoms with Crippen molar-refractivity contribution in [2.45, 2.75) is 25.0 Å². The van der Waals surface area contributed by atoms with E-state index < -0.39 is 16.8 Å². The van der Waals surface area contributed by atoms with Crippen molar-refractivity contribution >= 4 is 45.9 Å². The zero-order valence-electron chi connectivity index (χ0n) is 17.4. The number of aryl methyl sites for hydroxylation is 1. The van der Waals surface area contributed by atoms with Crippen molar-refractivity contribution in [1.82, 2.24) is 9.55 Å². The molecule has 0 aliphatic carbocycles. The van der Waals surface area contributed by atoms with Crippen LogP contribution in [0.3, 0.4) is 0 Å². The van der Waals surface area contributed by atoms with Gasteiger partial charge in [-0.05, 0) is 25.1 Å². The van der Waals surface area contributed by atoms with Crippen LogP contribution < -0.4 is 10.9 Å². The molecule has 10 nitrogen and oxygen atoms in total. The number of thioether (sulfide) groups is 1. The molecule has 2 aromatic carbocycles. The minimum Gasteiger partial charge on any atom is -0.469 e. The number of hydrogen-bond donors (Lipinski definition) is 1. The number of carbonyl (C=O) groups excluding carboxylic acids is 2. The summed E-state index contributed by atoms with van der Waals surface area (Å²) in [4.78, 5) is 52.0. The van der Waals surface area contributed by atoms with Crippen molar-refractivity contribution in [3.63, 3.8) is 0 Å². The SMILES string of the molecule is COC(=O)CCn1c(SCC(=O)Nc2ccc(C)c([N+](=O)[O-])c2)nc2ccccc2c1=O. The summed E-state index contributed by atoms with van der Waals surface area (Å²) in [6, 6.07) is 11.2.